The van der Waals surface area contributed by atoms with E-state index in [1.807, 2.05) is 0 Å². The van der Waals surface area contributed by atoms with Crippen LogP contribution in [0.5, 0.6) is 5.75 Å². The van der Waals surface area contributed by atoms with Gasteiger partial charge in [-0.3, -0.25) is 9.10 Å². The van der Waals surface area contributed by atoms with Gasteiger partial charge in [-0.25, -0.2) is 18.6 Å². The summed E-state index contributed by atoms with van der Waals surface area (Å²) >= 11 is 5.92. The Hall–Kier alpha value is -3.69. The number of carbonyl (C=O) groups excluding carboxylic acids is 2. The van der Waals surface area contributed by atoms with Crippen molar-refractivity contribution in [2.45, 2.75) is 0 Å². The minimum Gasteiger partial charge on any atom is -0.423 e. The summed E-state index contributed by atoms with van der Waals surface area (Å²) < 4.78 is 30.4. The largest absolute Gasteiger partial charge is 0.423 e. The quantitative estimate of drug-likeness (QED) is 0.227. The summed E-state index contributed by atoms with van der Waals surface area (Å²) in [6.07, 6.45) is 2.38. The van der Waals surface area contributed by atoms with Gasteiger partial charge in [-0.2, -0.15) is 5.10 Å². The van der Waals surface area contributed by atoms with Crippen LogP contribution in [0.3, 0.4) is 0 Å². The molecule has 0 saturated heterocycles. The Morgan fingerprint density at radius 3 is 2.36 bits per heavy atom. The normalized spacial score (nSPS) is 11.2. The molecule has 0 spiro atoms. The molecule has 3 aromatic carbocycles. The van der Waals surface area contributed by atoms with Gasteiger partial charge < -0.3 is 4.74 Å². The third kappa shape index (κ3) is 7.16. The first kappa shape index (κ1) is 24.0. The second-order valence-corrected chi connectivity index (χ2v) is 9.21. The molecule has 10 heteroatoms. The highest BCUT2D eigenvalue weighted by Gasteiger charge is 2.20. The molecule has 170 valence electrons. The summed E-state index contributed by atoms with van der Waals surface area (Å²) in [5, 5.41) is 4.19. The van der Waals surface area contributed by atoms with Gasteiger partial charge in [-0.15, -0.1) is 0 Å². The van der Waals surface area contributed by atoms with E-state index in [-0.39, 0.29) is 5.69 Å². The summed E-state index contributed by atoms with van der Waals surface area (Å²) in [5.74, 6) is -0.750. The lowest BCUT2D eigenvalue weighted by atomic mass is 10.2. The number of ether oxygens (including phenoxy) is 1. The molecule has 0 heterocycles. The number of nitrogens with one attached hydrogen (secondary N) is 1. The van der Waals surface area contributed by atoms with Gasteiger partial charge in [-0.1, -0.05) is 35.9 Å². The molecule has 0 aliphatic rings. The fraction of sp³-hybridized carbons (Fsp3) is 0.0870. The summed E-state index contributed by atoms with van der Waals surface area (Å²) in [7, 11) is -3.72. The number of halogens is 1. The average Bonchev–Trinajstić information content (AvgIpc) is 2.78. The Bertz CT molecular complexity index is 1260. The number of hydrazone groups is 1. The predicted molar refractivity (Wildman–Crippen MR) is 127 cm³/mol. The van der Waals surface area contributed by atoms with E-state index in [0.717, 1.165) is 10.6 Å². The maximum atomic E-state index is 12.2. The van der Waals surface area contributed by atoms with Gasteiger partial charge in [0.05, 0.1) is 23.7 Å². The second kappa shape index (κ2) is 10.8. The second-order valence-electron chi connectivity index (χ2n) is 6.87. The maximum Gasteiger partial charge on any atom is 0.343 e. The number of amides is 1. The van der Waals surface area contributed by atoms with Crippen molar-refractivity contribution in [1.82, 2.24) is 5.43 Å². The van der Waals surface area contributed by atoms with Crippen molar-refractivity contribution >= 4 is 45.4 Å². The summed E-state index contributed by atoms with van der Waals surface area (Å²) in [6.45, 7) is -0.467. The molecule has 8 nitrogen and oxygen atoms in total. The van der Waals surface area contributed by atoms with Crippen molar-refractivity contribution < 1.29 is 22.7 Å². The van der Waals surface area contributed by atoms with Crippen molar-refractivity contribution in [3.05, 3.63) is 95.0 Å². The molecule has 3 aromatic rings. The van der Waals surface area contributed by atoms with Gasteiger partial charge in [-0.05, 0) is 60.2 Å². The predicted octanol–water partition coefficient (Wildman–Crippen LogP) is 3.48. The number of benzene rings is 3. The lowest BCUT2D eigenvalue weighted by Gasteiger charge is -2.21. The van der Waals surface area contributed by atoms with Crippen LogP contribution in [0.1, 0.15) is 15.9 Å². The average molecular weight is 486 g/mol. The number of rotatable bonds is 8. The Kier molecular flexibility index (Phi) is 7.81. The molecular formula is C23H20ClN3O5S. The molecule has 0 unspecified atom stereocenters. The van der Waals surface area contributed by atoms with Crippen molar-refractivity contribution in [3.63, 3.8) is 0 Å². The van der Waals surface area contributed by atoms with Gasteiger partial charge in [0.2, 0.25) is 10.0 Å². The van der Waals surface area contributed by atoms with E-state index in [2.05, 4.69) is 10.5 Å². The first-order chi connectivity index (χ1) is 15.7. The van der Waals surface area contributed by atoms with Crippen LogP contribution >= 0.6 is 11.6 Å². The van der Waals surface area contributed by atoms with Crippen molar-refractivity contribution in [2.75, 3.05) is 17.1 Å². The Morgan fingerprint density at radius 1 is 1.03 bits per heavy atom. The van der Waals surface area contributed by atoms with Crippen LogP contribution in [-0.2, 0) is 14.8 Å². The Morgan fingerprint density at radius 2 is 1.73 bits per heavy atom. The molecule has 33 heavy (non-hydrogen) atoms. The number of nitrogens with zero attached hydrogens (tertiary/aromatic N) is 2. The van der Waals surface area contributed by atoms with E-state index in [4.69, 9.17) is 16.3 Å². The summed E-state index contributed by atoms with van der Waals surface area (Å²) in [6, 6.07) is 21.3. The highest BCUT2D eigenvalue weighted by atomic mass is 35.5. The van der Waals surface area contributed by atoms with E-state index >= 15 is 0 Å². The van der Waals surface area contributed by atoms with E-state index in [1.54, 1.807) is 66.7 Å². The molecule has 0 atom stereocenters. The molecule has 1 N–H and O–H groups in total. The van der Waals surface area contributed by atoms with Gasteiger partial charge >= 0.3 is 5.97 Å². The number of anilines is 1. The van der Waals surface area contributed by atoms with Crippen LogP contribution in [0, 0.1) is 0 Å². The molecule has 0 aliphatic carbocycles. The number of sulfonamides is 1. The molecule has 1 amide bonds. The third-order valence-electron chi connectivity index (χ3n) is 4.29. The number of carbonyl (C=O) groups is 2. The number of hydrogen-bond donors (Lipinski definition) is 1. The van der Waals surface area contributed by atoms with E-state index < -0.39 is 28.4 Å². The highest BCUT2D eigenvalue weighted by molar-refractivity contribution is 7.92. The maximum absolute atomic E-state index is 12.2. The van der Waals surface area contributed by atoms with Crippen LogP contribution < -0.4 is 14.5 Å². The molecule has 0 aromatic heterocycles. The SMILES string of the molecule is CS(=O)(=O)N(CC(=O)N/N=C\c1ccc(OC(=O)c2ccccc2)cc1)c1cccc(Cl)c1. The standard InChI is InChI=1S/C23H20ClN3O5S/c1-33(30,31)27(20-9-5-8-19(24)14-20)16-22(28)26-25-15-17-10-12-21(13-11-17)32-23(29)18-6-3-2-4-7-18/h2-15H,16H2,1H3,(H,26,28)/b25-15-. The van der Waals surface area contributed by atoms with Crippen molar-refractivity contribution in [3.8, 4) is 5.75 Å². The van der Waals surface area contributed by atoms with Crippen LogP contribution in [0.25, 0.3) is 0 Å². The summed E-state index contributed by atoms with van der Waals surface area (Å²) in [5.41, 5.74) is 3.63. The smallest absolute Gasteiger partial charge is 0.343 e. The molecule has 0 bridgehead atoms. The lowest BCUT2D eigenvalue weighted by molar-refractivity contribution is -0.119. The molecular weight excluding hydrogens is 466 g/mol. The van der Waals surface area contributed by atoms with Gasteiger partial charge in [0.15, 0.2) is 0 Å². The zero-order valence-corrected chi connectivity index (χ0v) is 19.1. The van der Waals surface area contributed by atoms with E-state index in [1.165, 1.54) is 18.3 Å². The molecule has 0 saturated carbocycles. The van der Waals surface area contributed by atoms with Crippen LogP contribution in [-0.4, -0.2) is 39.3 Å². The van der Waals surface area contributed by atoms with Crippen molar-refractivity contribution in [1.29, 1.82) is 0 Å². The van der Waals surface area contributed by atoms with Gasteiger partial charge in [0.1, 0.15) is 12.3 Å². The minimum atomic E-state index is -3.72. The minimum absolute atomic E-state index is 0.268. The topological polar surface area (TPSA) is 105 Å². The van der Waals surface area contributed by atoms with Crippen LogP contribution in [0.15, 0.2) is 84.0 Å². The number of hydrogen-bond acceptors (Lipinski definition) is 6. The fourth-order valence-corrected chi connectivity index (χ4v) is 3.77. The molecule has 0 radical (unpaired) electrons. The fourth-order valence-electron chi connectivity index (χ4n) is 2.74. The molecule has 3 rings (SSSR count). The number of esters is 1. The van der Waals surface area contributed by atoms with E-state index in [9.17, 15) is 18.0 Å². The lowest BCUT2D eigenvalue weighted by Crippen LogP contribution is -2.39. The summed E-state index contributed by atoms with van der Waals surface area (Å²) in [4.78, 5) is 24.3. The molecule has 0 fully saturated rings. The first-order valence-corrected chi connectivity index (χ1v) is 11.9. The zero-order chi connectivity index (χ0) is 23.8. The van der Waals surface area contributed by atoms with Crippen LogP contribution in [0.2, 0.25) is 5.02 Å². The molecule has 0 aliphatic heterocycles. The Balaban J connectivity index is 1.57. The van der Waals surface area contributed by atoms with Gasteiger partial charge in [0.25, 0.3) is 5.91 Å². The van der Waals surface area contributed by atoms with Crippen LogP contribution in [0.4, 0.5) is 5.69 Å². The highest BCUT2D eigenvalue weighted by Crippen LogP contribution is 2.21. The monoisotopic (exact) mass is 485 g/mol. The van der Waals surface area contributed by atoms with Crippen molar-refractivity contribution in [2.24, 2.45) is 5.10 Å². The van der Waals surface area contributed by atoms with E-state index in [0.29, 0.717) is 21.9 Å². The Labute approximate surface area is 196 Å². The first-order valence-electron chi connectivity index (χ1n) is 9.65. The van der Waals surface area contributed by atoms with Gasteiger partial charge in [0, 0.05) is 5.02 Å². The zero-order valence-electron chi connectivity index (χ0n) is 17.5. The third-order valence-corrected chi connectivity index (χ3v) is 5.66.